The maximum Gasteiger partial charge on any atom is 0.135 e. The fraction of sp³-hybridized carbons (Fsp3) is 0.878. The summed E-state index contributed by atoms with van der Waals surface area (Å²) in [5.41, 5.74) is 8.03. The smallest absolute Gasteiger partial charge is 0.135 e. The van der Waals surface area contributed by atoms with Crippen molar-refractivity contribution >= 4 is 5.78 Å². The molecule has 0 aromatic carbocycles. The Labute approximate surface area is 313 Å². The first kappa shape index (κ1) is 37.3. The number of ether oxygens (including phenoxy) is 9. The van der Waals surface area contributed by atoms with Gasteiger partial charge >= 0.3 is 0 Å². The number of aliphatic hydroxyl groups is 1. The van der Waals surface area contributed by atoms with Crippen LogP contribution < -0.4 is 5.73 Å². The number of hydrogen-bond acceptors (Lipinski definition) is 12. The van der Waals surface area contributed by atoms with E-state index < -0.39 is 12.2 Å². The number of hydrogen-bond donors (Lipinski definition) is 2. The summed E-state index contributed by atoms with van der Waals surface area (Å²) < 4.78 is 60.1. The van der Waals surface area contributed by atoms with Crippen LogP contribution in [-0.2, 0) is 47.4 Å². The second kappa shape index (κ2) is 15.2. The van der Waals surface area contributed by atoms with Crippen molar-refractivity contribution in [2.45, 2.75) is 200 Å². The number of methoxy groups -OCH3 is 1. The zero-order valence-corrected chi connectivity index (χ0v) is 31.5. The molecule has 12 nitrogen and oxygen atoms in total. The Balaban J connectivity index is 0.985. The van der Waals surface area contributed by atoms with E-state index in [0.717, 1.165) is 68.9 Å². The third-order valence-electron chi connectivity index (χ3n) is 14.2. The summed E-state index contributed by atoms with van der Waals surface area (Å²) in [6, 6.07) is 0. The summed E-state index contributed by atoms with van der Waals surface area (Å²) in [5.74, 6) is 0.172. The Morgan fingerprint density at radius 1 is 0.698 bits per heavy atom. The van der Waals surface area contributed by atoms with Gasteiger partial charge in [0.25, 0.3) is 0 Å². The van der Waals surface area contributed by atoms with Crippen LogP contribution in [0.2, 0.25) is 0 Å². The monoisotopic (exact) mass is 743 g/mol. The van der Waals surface area contributed by atoms with E-state index in [-0.39, 0.29) is 128 Å². The molecule has 0 aliphatic carbocycles. The topological polar surface area (TPSA) is 146 Å². The standard InChI is InChI=1S/C41H61NO11/c1-19-11-24-5-8-28-20(2)12-25(46-28)6-9-29-33-17-35-38(50-29)40-41(53-35)39(52-33)37-30(51-40)10-7-26(48-37)13-22(43)14-27-32(16-31(47-24)21(19)3)49-34(36(27)45-4)15-23(44)18-42/h19,23-41,44H,2-3,5-18,42H2,1,4H3/t19?,23?,24?,25?,26?,27?,28-,29+,30?,31?,32?,33?,34?,35?,36+,37-,38?,39?,40-,41?/m0/s1. The van der Waals surface area contributed by atoms with Gasteiger partial charge in [-0.3, -0.25) is 4.79 Å². The molecule has 0 saturated carbocycles. The quantitative estimate of drug-likeness (QED) is 0.407. The molecule has 20 atom stereocenters. The third-order valence-corrected chi connectivity index (χ3v) is 14.2. The molecule has 9 aliphatic heterocycles. The molecule has 9 fully saturated rings. The van der Waals surface area contributed by atoms with Crippen LogP contribution in [0, 0.1) is 11.8 Å². The summed E-state index contributed by atoms with van der Waals surface area (Å²) in [5, 5.41) is 10.6. The van der Waals surface area contributed by atoms with E-state index in [9.17, 15) is 9.90 Å². The number of carbonyl (C=O) groups excluding carboxylic acids is 1. The van der Waals surface area contributed by atoms with Gasteiger partial charge in [-0.1, -0.05) is 20.1 Å². The van der Waals surface area contributed by atoms with Crippen molar-refractivity contribution in [3.05, 3.63) is 24.3 Å². The molecular weight excluding hydrogens is 682 g/mol. The molecule has 53 heavy (non-hydrogen) atoms. The van der Waals surface area contributed by atoms with Crippen LogP contribution in [0.1, 0.15) is 90.4 Å². The Kier molecular flexibility index (Phi) is 10.7. The maximum absolute atomic E-state index is 14.1. The highest BCUT2D eigenvalue weighted by atomic mass is 16.7. The Morgan fingerprint density at radius 2 is 1.36 bits per heavy atom. The van der Waals surface area contributed by atoms with E-state index >= 15 is 0 Å². The highest BCUT2D eigenvalue weighted by Gasteiger charge is 2.64. The van der Waals surface area contributed by atoms with Crippen LogP contribution in [0.15, 0.2) is 24.3 Å². The lowest BCUT2D eigenvalue weighted by atomic mass is 9.81. The average Bonchev–Trinajstić information content (AvgIpc) is 3.74. The molecular formula is C41H61NO11. The second-order valence-electron chi connectivity index (χ2n) is 17.7. The van der Waals surface area contributed by atoms with Crippen LogP contribution in [0.5, 0.6) is 0 Å². The van der Waals surface area contributed by atoms with E-state index in [1.165, 1.54) is 0 Å². The number of nitrogens with two attached hydrogens (primary N) is 1. The van der Waals surface area contributed by atoms with E-state index in [4.69, 9.17) is 48.4 Å². The molecule has 9 rings (SSSR count). The largest absolute Gasteiger partial charge is 0.392 e. The van der Waals surface area contributed by atoms with Gasteiger partial charge in [-0.15, -0.1) is 0 Å². The minimum Gasteiger partial charge on any atom is -0.392 e. The van der Waals surface area contributed by atoms with Gasteiger partial charge in [0.05, 0.1) is 79.4 Å². The van der Waals surface area contributed by atoms with Crippen molar-refractivity contribution in [2.75, 3.05) is 13.7 Å². The van der Waals surface area contributed by atoms with Crippen molar-refractivity contribution in [2.24, 2.45) is 17.6 Å². The molecule has 15 unspecified atom stereocenters. The van der Waals surface area contributed by atoms with E-state index in [1.807, 2.05) is 0 Å². The molecule has 0 radical (unpaired) electrons. The fourth-order valence-corrected chi connectivity index (χ4v) is 11.4. The number of fused-ring (bicyclic) bond motifs is 7. The molecule has 0 amide bonds. The molecule has 9 aliphatic rings. The van der Waals surface area contributed by atoms with Gasteiger partial charge in [0.1, 0.15) is 36.3 Å². The molecule has 3 N–H and O–H groups in total. The zero-order chi connectivity index (χ0) is 36.5. The van der Waals surface area contributed by atoms with Crippen LogP contribution in [0.3, 0.4) is 0 Å². The maximum atomic E-state index is 14.1. The van der Waals surface area contributed by atoms with Gasteiger partial charge in [-0.05, 0) is 68.4 Å². The van der Waals surface area contributed by atoms with E-state index in [1.54, 1.807) is 7.11 Å². The molecule has 0 aromatic rings. The number of ketones is 1. The van der Waals surface area contributed by atoms with Crippen molar-refractivity contribution in [3.63, 3.8) is 0 Å². The lowest BCUT2D eigenvalue weighted by Crippen LogP contribution is -2.66. The first-order chi connectivity index (χ1) is 25.6. The highest BCUT2D eigenvalue weighted by molar-refractivity contribution is 5.79. The molecule has 0 spiro atoms. The van der Waals surface area contributed by atoms with Crippen LogP contribution in [0.4, 0.5) is 0 Å². The highest BCUT2D eigenvalue weighted by Crippen LogP contribution is 2.49. The lowest BCUT2D eigenvalue weighted by Gasteiger charge is -2.51. The van der Waals surface area contributed by atoms with Crippen molar-refractivity contribution < 1.29 is 52.5 Å². The summed E-state index contributed by atoms with van der Waals surface area (Å²) in [6.07, 6.45) is 5.34. The van der Waals surface area contributed by atoms with Gasteiger partial charge in [0.2, 0.25) is 0 Å². The molecule has 12 heteroatoms. The second-order valence-corrected chi connectivity index (χ2v) is 17.7. The summed E-state index contributed by atoms with van der Waals surface area (Å²) in [7, 11) is 1.66. The van der Waals surface area contributed by atoms with Gasteiger partial charge < -0.3 is 53.5 Å². The normalized spacial score (nSPS) is 51.8. The number of Topliss-reactive ketones (excluding diaryl/α,β-unsaturated/α-hetero) is 1. The van der Waals surface area contributed by atoms with Crippen molar-refractivity contribution in [1.29, 1.82) is 0 Å². The van der Waals surface area contributed by atoms with Crippen molar-refractivity contribution in [1.82, 2.24) is 0 Å². The van der Waals surface area contributed by atoms with Crippen LogP contribution >= 0.6 is 0 Å². The Bertz CT molecular complexity index is 1380. The predicted octanol–water partition coefficient (Wildman–Crippen LogP) is 3.48. The Morgan fingerprint density at radius 3 is 2.15 bits per heavy atom. The Hall–Kier alpha value is -1.29. The van der Waals surface area contributed by atoms with E-state index in [2.05, 4.69) is 20.1 Å². The third kappa shape index (κ3) is 7.15. The number of carbonyl (C=O) groups is 1. The van der Waals surface area contributed by atoms with Gasteiger partial charge in [0, 0.05) is 51.7 Å². The minimum absolute atomic E-state index is 0.00232. The van der Waals surface area contributed by atoms with Crippen molar-refractivity contribution in [3.8, 4) is 0 Å². The number of rotatable bonds is 4. The number of aliphatic hydroxyl groups excluding tert-OH is 1. The molecule has 0 aromatic heterocycles. The fourth-order valence-electron chi connectivity index (χ4n) is 11.4. The molecule has 9 heterocycles. The predicted molar refractivity (Wildman–Crippen MR) is 191 cm³/mol. The first-order valence-corrected chi connectivity index (χ1v) is 20.7. The SMILES string of the molecule is C=C1C(C)CC2CC[C@@H]3OC(CC[C@H]4OC5C6CC4OC4C(O6)[C@H]5OC5CCC(CC(=O)CC6C(CC1O2)OC(CC(O)CN)[C@@H]6OC)O[C@@H]54)CC3=C. The van der Waals surface area contributed by atoms with Crippen LogP contribution in [0.25, 0.3) is 0 Å². The zero-order valence-electron chi connectivity index (χ0n) is 31.5. The summed E-state index contributed by atoms with van der Waals surface area (Å²) in [6.45, 7) is 11.3. The molecule has 9 saturated heterocycles. The summed E-state index contributed by atoms with van der Waals surface area (Å²) >= 11 is 0. The molecule has 296 valence electrons. The minimum atomic E-state index is -0.728. The average molecular weight is 744 g/mol. The van der Waals surface area contributed by atoms with Gasteiger partial charge in [0.15, 0.2) is 0 Å². The van der Waals surface area contributed by atoms with Crippen LogP contribution in [-0.4, -0.2) is 134 Å². The lowest BCUT2D eigenvalue weighted by molar-refractivity contribution is -0.301. The van der Waals surface area contributed by atoms with E-state index in [0.29, 0.717) is 19.3 Å². The first-order valence-electron chi connectivity index (χ1n) is 20.7. The molecule has 10 bridgehead atoms. The van der Waals surface area contributed by atoms with Gasteiger partial charge in [-0.25, -0.2) is 0 Å². The summed E-state index contributed by atoms with van der Waals surface area (Å²) in [4.78, 5) is 14.1. The van der Waals surface area contributed by atoms with Gasteiger partial charge in [-0.2, -0.15) is 0 Å².